The first-order valence-electron chi connectivity index (χ1n) is 9.24. The molecule has 0 aliphatic carbocycles. The van der Waals surface area contributed by atoms with E-state index in [0.717, 1.165) is 6.07 Å². The molecule has 3 rings (SSSR count). The second kappa shape index (κ2) is 8.88. The number of rotatable bonds is 6. The number of halogens is 3. The molecule has 28 heavy (non-hydrogen) atoms. The quantitative estimate of drug-likeness (QED) is 0.737. The van der Waals surface area contributed by atoms with Gasteiger partial charge in [0.05, 0.1) is 18.6 Å². The highest BCUT2D eigenvalue weighted by Crippen LogP contribution is 2.39. The zero-order valence-corrected chi connectivity index (χ0v) is 16.3. The van der Waals surface area contributed by atoms with Crippen molar-refractivity contribution in [3.05, 3.63) is 64.2 Å². The standard InChI is InChI=1S/C21H22ClF2NO3/c1-2-28-19-6-3-14(22)11-17(19)20(16-5-4-15(23)12-18(16)24)25-9-7-13(8-10-25)21(26)27/h3-6,11-13,20H,2,7-10H2,1H3,(H,26,27). The van der Waals surface area contributed by atoms with Crippen LogP contribution in [0.15, 0.2) is 36.4 Å². The summed E-state index contributed by atoms with van der Waals surface area (Å²) in [5.74, 6) is -1.97. The molecule has 1 saturated heterocycles. The van der Waals surface area contributed by atoms with Gasteiger partial charge in [-0.05, 0) is 57.1 Å². The van der Waals surface area contributed by atoms with Crippen LogP contribution in [0.5, 0.6) is 5.75 Å². The highest BCUT2D eigenvalue weighted by molar-refractivity contribution is 6.30. The molecule has 1 aliphatic rings. The minimum Gasteiger partial charge on any atom is -0.494 e. The summed E-state index contributed by atoms with van der Waals surface area (Å²) < 4.78 is 34.0. The van der Waals surface area contributed by atoms with Crippen molar-refractivity contribution in [2.75, 3.05) is 19.7 Å². The van der Waals surface area contributed by atoms with E-state index >= 15 is 0 Å². The van der Waals surface area contributed by atoms with Crippen LogP contribution in [0.3, 0.4) is 0 Å². The average Bonchev–Trinajstić information content (AvgIpc) is 2.66. The number of carbonyl (C=O) groups is 1. The van der Waals surface area contributed by atoms with Crippen molar-refractivity contribution in [3.63, 3.8) is 0 Å². The number of benzene rings is 2. The molecule has 2 aromatic carbocycles. The highest BCUT2D eigenvalue weighted by Gasteiger charge is 2.33. The first-order valence-corrected chi connectivity index (χ1v) is 9.62. The summed E-state index contributed by atoms with van der Waals surface area (Å²) in [7, 11) is 0. The number of hydrogen-bond donors (Lipinski definition) is 1. The third-order valence-corrected chi connectivity index (χ3v) is 5.30. The van der Waals surface area contributed by atoms with Crippen LogP contribution in [0.4, 0.5) is 8.78 Å². The first kappa shape index (κ1) is 20.6. The van der Waals surface area contributed by atoms with E-state index in [4.69, 9.17) is 16.3 Å². The summed E-state index contributed by atoms with van der Waals surface area (Å²) in [6.07, 6.45) is 0.915. The van der Waals surface area contributed by atoms with Gasteiger partial charge in [0, 0.05) is 22.2 Å². The highest BCUT2D eigenvalue weighted by atomic mass is 35.5. The molecule has 1 atom stereocenters. The van der Waals surface area contributed by atoms with Crippen LogP contribution in [-0.2, 0) is 4.79 Å². The maximum absolute atomic E-state index is 14.7. The predicted molar refractivity (Wildman–Crippen MR) is 103 cm³/mol. The lowest BCUT2D eigenvalue weighted by Gasteiger charge is -2.37. The Morgan fingerprint density at radius 1 is 1.21 bits per heavy atom. The Balaban J connectivity index is 2.06. The largest absolute Gasteiger partial charge is 0.494 e. The topological polar surface area (TPSA) is 49.8 Å². The van der Waals surface area contributed by atoms with E-state index in [1.807, 2.05) is 11.8 Å². The molecule has 4 nitrogen and oxygen atoms in total. The number of nitrogens with zero attached hydrogens (tertiary/aromatic N) is 1. The minimum atomic E-state index is -0.818. The fraction of sp³-hybridized carbons (Fsp3) is 0.381. The summed E-state index contributed by atoms with van der Waals surface area (Å²) in [6.45, 7) is 3.21. The van der Waals surface area contributed by atoms with Crippen LogP contribution in [-0.4, -0.2) is 35.7 Å². The SMILES string of the molecule is CCOc1ccc(Cl)cc1C(c1ccc(F)cc1F)N1CCC(C(=O)O)CC1. The van der Waals surface area contributed by atoms with Crippen molar-refractivity contribution in [1.29, 1.82) is 0 Å². The summed E-state index contributed by atoms with van der Waals surface area (Å²) in [4.78, 5) is 13.3. The Morgan fingerprint density at radius 3 is 2.54 bits per heavy atom. The maximum atomic E-state index is 14.7. The van der Waals surface area contributed by atoms with Crippen molar-refractivity contribution in [2.45, 2.75) is 25.8 Å². The molecule has 0 spiro atoms. The fourth-order valence-corrected chi connectivity index (χ4v) is 3.89. The first-order chi connectivity index (χ1) is 13.4. The van der Waals surface area contributed by atoms with Gasteiger partial charge in [0.15, 0.2) is 0 Å². The van der Waals surface area contributed by atoms with Crippen LogP contribution in [0, 0.1) is 17.6 Å². The monoisotopic (exact) mass is 409 g/mol. The smallest absolute Gasteiger partial charge is 0.306 e. The molecule has 0 bridgehead atoms. The Morgan fingerprint density at radius 2 is 1.93 bits per heavy atom. The third kappa shape index (κ3) is 4.45. The van der Waals surface area contributed by atoms with Gasteiger partial charge in [-0.2, -0.15) is 0 Å². The molecule has 1 heterocycles. The van der Waals surface area contributed by atoms with Crippen molar-refractivity contribution >= 4 is 17.6 Å². The van der Waals surface area contributed by atoms with Crippen LogP contribution < -0.4 is 4.74 Å². The van der Waals surface area contributed by atoms with Crippen LogP contribution >= 0.6 is 11.6 Å². The molecule has 1 unspecified atom stereocenters. The van der Waals surface area contributed by atoms with E-state index in [2.05, 4.69) is 0 Å². The van der Waals surface area contributed by atoms with E-state index in [-0.39, 0.29) is 0 Å². The van der Waals surface area contributed by atoms with Crippen LogP contribution in [0.1, 0.15) is 36.9 Å². The van der Waals surface area contributed by atoms with Gasteiger partial charge in [0.25, 0.3) is 0 Å². The van der Waals surface area contributed by atoms with Gasteiger partial charge >= 0.3 is 5.97 Å². The third-order valence-electron chi connectivity index (χ3n) is 5.07. The van der Waals surface area contributed by atoms with Crippen molar-refractivity contribution in [1.82, 2.24) is 4.90 Å². The predicted octanol–water partition coefficient (Wildman–Crippen LogP) is 4.90. The Bertz CT molecular complexity index is 854. The van der Waals surface area contributed by atoms with Gasteiger partial charge in [0.1, 0.15) is 17.4 Å². The molecular formula is C21H22ClF2NO3. The van der Waals surface area contributed by atoms with Gasteiger partial charge < -0.3 is 9.84 Å². The summed E-state index contributed by atoms with van der Waals surface area (Å²) in [5.41, 5.74) is 0.979. The molecule has 1 aliphatic heterocycles. The lowest BCUT2D eigenvalue weighted by atomic mass is 9.90. The van der Waals surface area contributed by atoms with Crippen molar-refractivity contribution in [3.8, 4) is 5.75 Å². The number of piperidine rings is 1. The number of carboxylic acid groups (broad SMARTS) is 1. The van der Waals surface area contributed by atoms with E-state index in [0.29, 0.717) is 54.4 Å². The minimum absolute atomic E-state index is 0.304. The molecule has 0 radical (unpaired) electrons. The Labute approximate surface area is 167 Å². The molecule has 1 fully saturated rings. The molecular weight excluding hydrogens is 388 g/mol. The fourth-order valence-electron chi connectivity index (χ4n) is 3.71. The van der Waals surface area contributed by atoms with E-state index < -0.39 is 29.6 Å². The Hall–Kier alpha value is -2.18. The van der Waals surface area contributed by atoms with Gasteiger partial charge in [-0.15, -0.1) is 0 Å². The van der Waals surface area contributed by atoms with Crippen molar-refractivity contribution in [2.24, 2.45) is 5.92 Å². The molecule has 0 saturated carbocycles. The zero-order valence-electron chi connectivity index (χ0n) is 15.5. The van der Waals surface area contributed by atoms with E-state index in [1.54, 1.807) is 18.2 Å². The van der Waals surface area contributed by atoms with Crippen LogP contribution in [0.2, 0.25) is 5.02 Å². The van der Waals surface area contributed by atoms with Gasteiger partial charge in [0.2, 0.25) is 0 Å². The number of carboxylic acids is 1. The lowest BCUT2D eigenvalue weighted by molar-refractivity contribution is -0.143. The number of ether oxygens (including phenoxy) is 1. The molecule has 0 amide bonds. The van der Waals surface area contributed by atoms with E-state index in [9.17, 15) is 18.7 Å². The molecule has 1 N–H and O–H groups in total. The lowest BCUT2D eigenvalue weighted by Crippen LogP contribution is -2.39. The summed E-state index contributed by atoms with van der Waals surface area (Å²) >= 11 is 6.21. The number of hydrogen-bond acceptors (Lipinski definition) is 3. The summed E-state index contributed by atoms with van der Waals surface area (Å²) in [5, 5.41) is 9.74. The number of aliphatic carboxylic acids is 1. The van der Waals surface area contributed by atoms with Crippen LogP contribution in [0.25, 0.3) is 0 Å². The zero-order chi connectivity index (χ0) is 20.3. The maximum Gasteiger partial charge on any atom is 0.306 e. The van der Waals surface area contributed by atoms with E-state index in [1.165, 1.54) is 12.1 Å². The van der Waals surface area contributed by atoms with Gasteiger partial charge in [-0.1, -0.05) is 17.7 Å². The number of likely N-dealkylation sites (tertiary alicyclic amines) is 1. The molecule has 7 heteroatoms. The molecule has 2 aromatic rings. The average molecular weight is 410 g/mol. The normalized spacial score (nSPS) is 16.7. The van der Waals surface area contributed by atoms with Crippen molar-refractivity contribution < 1.29 is 23.4 Å². The summed E-state index contributed by atoms with van der Waals surface area (Å²) in [6, 6.07) is 8.11. The molecule has 0 aromatic heterocycles. The molecule has 150 valence electrons. The second-order valence-electron chi connectivity index (χ2n) is 6.83. The second-order valence-corrected chi connectivity index (χ2v) is 7.27. The van der Waals surface area contributed by atoms with Gasteiger partial charge in [-0.25, -0.2) is 8.78 Å². The Kier molecular flexibility index (Phi) is 6.52. The van der Waals surface area contributed by atoms with Gasteiger partial charge in [-0.3, -0.25) is 9.69 Å².